The molecule has 0 aliphatic carbocycles. The van der Waals surface area contributed by atoms with E-state index in [9.17, 15) is 4.79 Å². The van der Waals surface area contributed by atoms with Crippen LogP contribution < -0.4 is 10.2 Å². The molecule has 0 aromatic heterocycles. The third kappa shape index (κ3) is 3.12. The Hall–Kier alpha value is -1.55. The summed E-state index contributed by atoms with van der Waals surface area (Å²) >= 11 is 0. The predicted molar refractivity (Wildman–Crippen MR) is 83.6 cm³/mol. The summed E-state index contributed by atoms with van der Waals surface area (Å²) in [6.07, 6.45) is 0. The summed E-state index contributed by atoms with van der Waals surface area (Å²) in [5.41, 5.74) is 3.10. The van der Waals surface area contributed by atoms with Gasteiger partial charge in [0.1, 0.15) is 0 Å². The van der Waals surface area contributed by atoms with Gasteiger partial charge in [-0.2, -0.15) is 0 Å². The van der Waals surface area contributed by atoms with Gasteiger partial charge >= 0.3 is 0 Å². The third-order valence-electron chi connectivity index (χ3n) is 3.78. The molecule has 2 rings (SSSR count). The number of rotatable bonds is 3. The van der Waals surface area contributed by atoms with Crippen molar-refractivity contribution >= 4 is 11.6 Å². The molecular formula is C16H25N3O. The van der Waals surface area contributed by atoms with E-state index in [1.807, 2.05) is 14.1 Å². The highest BCUT2D eigenvalue weighted by Crippen LogP contribution is 2.26. The first-order valence-electron chi connectivity index (χ1n) is 7.32. The zero-order chi connectivity index (χ0) is 14.7. The van der Waals surface area contributed by atoms with Gasteiger partial charge in [0.05, 0.1) is 5.56 Å². The molecule has 1 saturated heterocycles. The van der Waals surface area contributed by atoms with E-state index in [4.69, 9.17) is 0 Å². The molecule has 0 spiro atoms. The van der Waals surface area contributed by atoms with Gasteiger partial charge in [0.15, 0.2) is 0 Å². The second kappa shape index (κ2) is 6.27. The molecule has 4 heteroatoms. The minimum absolute atomic E-state index is 0.0843. The lowest BCUT2D eigenvalue weighted by Crippen LogP contribution is -2.44. The van der Waals surface area contributed by atoms with Crippen LogP contribution in [-0.4, -0.2) is 51.1 Å². The largest absolute Gasteiger partial charge is 0.368 e. The van der Waals surface area contributed by atoms with Crippen LogP contribution in [0.15, 0.2) is 18.2 Å². The molecule has 1 amide bonds. The first kappa shape index (κ1) is 14.9. The number of hydrogen-bond acceptors (Lipinski definition) is 3. The molecule has 0 unspecified atom stereocenters. The minimum Gasteiger partial charge on any atom is -0.368 e. The highest BCUT2D eigenvalue weighted by atomic mass is 16.2. The summed E-state index contributed by atoms with van der Waals surface area (Å²) in [7, 11) is 3.62. The van der Waals surface area contributed by atoms with E-state index in [0.717, 1.165) is 37.4 Å². The average Bonchev–Trinajstić information content (AvgIpc) is 2.46. The summed E-state index contributed by atoms with van der Waals surface area (Å²) in [5, 5.41) is 3.35. The number of amides is 1. The van der Waals surface area contributed by atoms with Crippen molar-refractivity contribution in [3.63, 3.8) is 0 Å². The van der Waals surface area contributed by atoms with E-state index in [1.54, 1.807) is 4.90 Å². The van der Waals surface area contributed by atoms with Gasteiger partial charge < -0.3 is 15.1 Å². The van der Waals surface area contributed by atoms with Crippen molar-refractivity contribution in [3.05, 3.63) is 29.3 Å². The van der Waals surface area contributed by atoms with E-state index in [-0.39, 0.29) is 5.91 Å². The molecule has 1 aliphatic heterocycles. The van der Waals surface area contributed by atoms with Crippen LogP contribution in [0.3, 0.4) is 0 Å². The van der Waals surface area contributed by atoms with Gasteiger partial charge in [0, 0.05) is 46.0 Å². The van der Waals surface area contributed by atoms with Gasteiger partial charge in [0.2, 0.25) is 0 Å². The molecule has 1 fully saturated rings. The molecule has 0 bridgehead atoms. The van der Waals surface area contributed by atoms with Crippen molar-refractivity contribution in [2.24, 2.45) is 0 Å². The summed E-state index contributed by atoms with van der Waals surface area (Å²) < 4.78 is 0. The maximum absolute atomic E-state index is 12.5. The highest BCUT2D eigenvalue weighted by molar-refractivity contribution is 5.99. The maximum atomic E-state index is 12.5. The number of anilines is 1. The van der Waals surface area contributed by atoms with Gasteiger partial charge in [-0.3, -0.25) is 4.79 Å². The SMILES string of the molecule is CC(C)c1ccc(N2CCNCC2)c(C(=O)N(C)C)c1. The standard InChI is InChI=1S/C16H25N3O/c1-12(2)13-5-6-15(19-9-7-17-8-10-19)14(11-13)16(20)18(3)4/h5-6,11-12,17H,7-10H2,1-4H3. The summed E-state index contributed by atoms with van der Waals surface area (Å²) in [6, 6.07) is 6.32. The number of benzene rings is 1. The Morgan fingerprint density at radius 1 is 1.25 bits per heavy atom. The van der Waals surface area contributed by atoms with Crippen molar-refractivity contribution in [2.75, 3.05) is 45.2 Å². The fourth-order valence-corrected chi connectivity index (χ4v) is 2.51. The Morgan fingerprint density at radius 2 is 1.90 bits per heavy atom. The first-order valence-corrected chi connectivity index (χ1v) is 7.32. The van der Waals surface area contributed by atoms with Gasteiger partial charge in [-0.05, 0) is 23.6 Å². The van der Waals surface area contributed by atoms with Crippen molar-refractivity contribution in [1.82, 2.24) is 10.2 Å². The van der Waals surface area contributed by atoms with Crippen LogP contribution in [0.2, 0.25) is 0 Å². The average molecular weight is 275 g/mol. The van der Waals surface area contributed by atoms with Crippen molar-refractivity contribution in [3.8, 4) is 0 Å². The van der Waals surface area contributed by atoms with Crippen molar-refractivity contribution < 1.29 is 4.79 Å². The van der Waals surface area contributed by atoms with Gasteiger partial charge in [-0.15, -0.1) is 0 Å². The summed E-state index contributed by atoms with van der Waals surface area (Å²) in [6.45, 7) is 8.17. The molecule has 0 atom stereocenters. The Balaban J connectivity index is 2.41. The molecular weight excluding hydrogens is 250 g/mol. The number of carbonyl (C=O) groups excluding carboxylic acids is 1. The highest BCUT2D eigenvalue weighted by Gasteiger charge is 2.20. The van der Waals surface area contributed by atoms with Crippen molar-refractivity contribution in [1.29, 1.82) is 0 Å². The lowest BCUT2D eigenvalue weighted by atomic mass is 9.98. The van der Waals surface area contributed by atoms with Crippen LogP contribution in [0.1, 0.15) is 35.7 Å². The number of piperazine rings is 1. The fourth-order valence-electron chi connectivity index (χ4n) is 2.51. The molecule has 1 heterocycles. The maximum Gasteiger partial charge on any atom is 0.255 e. The minimum atomic E-state index is 0.0843. The smallest absolute Gasteiger partial charge is 0.255 e. The Morgan fingerprint density at radius 3 is 2.45 bits per heavy atom. The molecule has 1 aromatic rings. The zero-order valence-electron chi connectivity index (χ0n) is 12.9. The Bertz CT molecular complexity index is 477. The van der Waals surface area contributed by atoms with Crippen LogP contribution in [0.25, 0.3) is 0 Å². The van der Waals surface area contributed by atoms with E-state index < -0.39 is 0 Å². The third-order valence-corrected chi connectivity index (χ3v) is 3.78. The normalized spacial score (nSPS) is 15.6. The van der Waals surface area contributed by atoms with E-state index in [0.29, 0.717) is 5.92 Å². The lowest BCUT2D eigenvalue weighted by Gasteiger charge is -2.31. The molecule has 0 radical (unpaired) electrons. The van der Waals surface area contributed by atoms with E-state index in [2.05, 4.69) is 42.3 Å². The van der Waals surface area contributed by atoms with E-state index in [1.165, 1.54) is 5.56 Å². The topological polar surface area (TPSA) is 35.6 Å². The summed E-state index contributed by atoms with van der Waals surface area (Å²) in [5.74, 6) is 0.516. The number of nitrogens with zero attached hydrogens (tertiary/aromatic N) is 2. The molecule has 20 heavy (non-hydrogen) atoms. The molecule has 0 saturated carbocycles. The van der Waals surface area contributed by atoms with Gasteiger partial charge in [0.25, 0.3) is 5.91 Å². The predicted octanol–water partition coefficient (Wildman–Crippen LogP) is 1.92. The van der Waals surface area contributed by atoms with Crippen LogP contribution in [0, 0.1) is 0 Å². The molecule has 1 N–H and O–H groups in total. The van der Waals surface area contributed by atoms with Crippen LogP contribution in [-0.2, 0) is 0 Å². The fraction of sp³-hybridized carbons (Fsp3) is 0.562. The molecule has 1 aliphatic rings. The zero-order valence-corrected chi connectivity index (χ0v) is 12.9. The van der Waals surface area contributed by atoms with Crippen LogP contribution >= 0.6 is 0 Å². The number of hydrogen-bond donors (Lipinski definition) is 1. The number of nitrogens with one attached hydrogen (secondary N) is 1. The van der Waals surface area contributed by atoms with Crippen LogP contribution in [0.5, 0.6) is 0 Å². The Kier molecular flexibility index (Phi) is 4.65. The second-order valence-corrected chi connectivity index (χ2v) is 5.87. The molecule has 1 aromatic carbocycles. The monoisotopic (exact) mass is 275 g/mol. The van der Waals surface area contributed by atoms with E-state index >= 15 is 0 Å². The van der Waals surface area contributed by atoms with Gasteiger partial charge in [-0.25, -0.2) is 0 Å². The molecule has 4 nitrogen and oxygen atoms in total. The lowest BCUT2D eigenvalue weighted by molar-refractivity contribution is 0.0828. The van der Waals surface area contributed by atoms with Gasteiger partial charge in [-0.1, -0.05) is 19.9 Å². The quantitative estimate of drug-likeness (QED) is 0.915. The molecule has 110 valence electrons. The first-order chi connectivity index (χ1) is 9.50. The Labute approximate surface area is 121 Å². The van der Waals surface area contributed by atoms with Crippen molar-refractivity contribution in [2.45, 2.75) is 19.8 Å². The number of carbonyl (C=O) groups is 1. The summed E-state index contributed by atoms with van der Waals surface area (Å²) in [4.78, 5) is 16.4. The van der Waals surface area contributed by atoms with Crippen LogP contribution in [0.4, 0.5) is 5.69 Å². The second-order valence-electron chi connectivity index (χ2n) is 5.87.